The fourth-order valence-corrected chi connectivity index (χ4v) is 3.07. The van der Waals surface area contributed by atoms with Gasteiger partial charge < -0.3 is 10.1 Å². The predicted octanol–water partition coefficient (Wildman–Crippen LogP) is 0.784. The third kappa shape index (κ3) is 3.29. The molecule has 2 fully saturated rings. The van der Waals surface area contributed by atoms with Crippen LogP contribution in [0.1, 0.15) is 38.6 Å². The van der Waals surface area contributed by atoms with Crippen LogP contribution in [-0.2, 0) is 9.53 Å². The minimum Gasteiger partial charge on any atom is -0.376 e. The molecule has 2 heterocycles. The van der Waals surface area contributed by atoms with Crippen LogP contribution in [0.5, 0.6) is 0 Å². The van der Waals surface area contributed by atoms with E-state index >= 15 is 0 Å². The highest BCUT2D eigenvalue weighted by Crippen LogP contribution is 2.37. The summed E-state index contributed by atoms with van der Waals surface area (Å²) in [5.41, 5.74) is 0. The van der Waals surface area contributed by atoms with Crippen molar-refractivity contribution in [3.63, 3.8) is 0 Å². The maximum atomic E-state index is 12.1. The van der Waals surface area contributed by atoms with E-state index in [1.54, 1.807) is 0 Å². The van der Waals surface area contributed by atoms with E-state index in [-0.39, 0.29) is 17.3 Å². The number of carbonyl (C=O) groups excluding carboxylic acids is 1. The summed E-state index contributed by atoms with van der Waals surface area (Å²) in [7, 11) is 0. The molecule has 1 amide bonds. The molecular formula is C12H19N5O2S. The maximum Gasteiger partial charge on any atom is 0.233 e. The molecule has 8 heteroatoms. The lowest BCUT2D eigenvalue weighted by Gasteiger charge is -2.14. The number of tetrazole rings is 1. The van der Waals surface area contributed by atoms with Crippen molar-refractivity contribution in [3.05, 3.63) is 0 Å². The average Bonchev–Trinajstić information content (AvgIpc) is 2.97. The second-order valence-corrected chi connectivity index (χ2v) is 6.59. The van der Waals surface area contributed by atoms with Gasteiger partial charge in [0, 0.05) is 13.2 Å². The van der Waals surface area contributed by atoms with Gasteiger partial charge in [-0.25, -0.2) is 4.68 Å². The number of thioether (sulfide) groups is 1. The summed E-state index contributed by atoms with van der Waals surface area (Å²) in [6.07, 6.45) is 4.53. The normalized spacial score (nSPS) is 23.8. The number of rotatable bonds is 6. The van der Waals surface area contributed by atoms with Crippen LogP contribution < -0.4 is 5.32 Å². The van der Waals surface area contributed by atoms with Gasteiger partial charge in [0.05, 0.1) is 17.4 Å². The topological polar surface area (TPSA) is 81.9 Å². The summed E-state index contributed by atoms with van der Waals surface area (Å²) in [5.74, 6) is 0.0100. The number of nitrogens with zero attached hydrogens (tertiary/aromatic N) is 4. The Morgan fingerprint density at radius 3 is 3.10 bits per heavy atom. The first-order chi connectivity index (χ1) is 9.74. The molecule has 2 unspecified atom stereocenters. The highest BCUT2D eigenvalue weighted by atomic mass is 32.2. The van der Waals surface area contributed by atoms with Gasteiger partial charge in [-0.05, 0) is 43.0 Å². The minimum atomic E-state index is -0.208. The Labute approximate surface area is 121 Å². The lowest BCUT2D eigenvalue weighted by atomic mass is 10.2. The third-order valence-electron chi connectivity index (χ3n) is 3.53. The Morgan fingerprint density at radius 1 is 1.55 bits per heavy atom. The van der Waals surface area contributed by atoms with E-state index in [1.807, 2.05) is 11.6 Å². The van der Waals surface area contributed by atoms with Crippen LogP contribution in [-0.4, -0.2) is 50.6 Å². The smallest absolute Gasteiger partial charge is 0.233 e. The first-order valence-electron chi connectivity index (χ1n) is 7.08. The zero-order chi connectivity index (χ0) is 13.9. The van der Waals surface area contributed by atoms with Gasteiger partial charge in [0.1, 0.15) is 0 Å². The molecule has 3 rings (SSSR count). The highest BCUT2D eigenvalue weighted by Gasteiger charge is 2.29. The molecule has 2 atom stereocenters. The van der Waals surface area contributed by atoms with Crippen LogP contribution in [0.3, 0.4) is 0 Å². The monoisotopic (exact) mass is 297 g/mol. The number of nitrogens with one attached hydrogen (secondary N) is 1. The number of hydrogen-bond acceptors (Lipinski definition) is 6. The van der Waals surface area contributed by atoms with E-state index in [1.165, 1.54) is 11.8 Å². The molecule has 1 aliphatic carbocycles. The Kier molecular flexibility index (Phi) is 4.21. The molecule has 110 valence electrons. The molecule has 1 saturated carbocycles. The van der Waals surface area contributed by atoms with E-state index in [0.717, 1.165) is 37.4 Å². The summed E-state index contributed by atoms with van der Waals surface area (Å²) < 4.78 is 7.32. The summed E-state index contributed by atoms with van der Waals surface area (Å²) >= 11 is 1.41. The van der Waals surface area contributed by atoms with Crippen LogP contribution in [0, 0.1) is 0 Å². The fourth-order valence-electron chi connectivity index (χ4n) is 2.19. The molecule has 1 aromatic rings. The molecule has 20 heavy (non-hydrogen) atoms. The van der Waals surface area contributed by atoms with Crippen molar-refractivity contribution < 1.29 is 9.53 Å². The molecule has 1 saturated heterocycles. The van der Waals surface area contributed by atoms with Crippen molar-refractivity contribution in [3.8, 4) is 0 Å². The van der Waals surface area contributed by atoms with E-state index in [4.69, 9.17) is 4.74 Å². The van der Waals surface area contributed by atoms with E-state index in [2.05, 4.69) is 20.8 Å². The van der Waals surface area contributed by atoms with E-state index < -0.39 is 0 Å². The molecule has 0 radical (unpaired) electrons. The Morgan fingerprint density at radius 2 is 2.40 bits per heavy atom. The van der Waals surface area contributed by atoms with Crippen molar-refractivity contribution in [2.24, 2.45) is 0 Å². The molecule has 2 aliphatic rings. The molecule has 0 bridgehead atoms. The molecule has 7 nitrogen and oxygen atoms in total. The van der Waals surface area contributed by atoms with Gasteiger partial charge in [-0.2, -0.15) is 0 Å². The molecule has 0 aromatic carbocycles. The average molecular weight is 297 g/mol. The van der Waals surface area contributed by atoms with Crippen LogP contribution in [0.2, 0.25) is 0 Å². The first kappa shape index (κ1) is 13.8. The second-order valence-electron chi connectivity index (χ2n) is 5.28. The maximum absolute atomic E-state index is 12.1. The molecule has 1 aliphatic heterocycles. The van der Waals surface area contributed by atoms with Gasteiger partial charge in [-0.3, -0.25) is 4.79 Å². The van der Waals surface area contributed by atoms with Gasteiger partial charge in [-0.15, -0.1) is 5.10 Å². The summed E-state index contributed by atoms with van der Waals surface area (Å²) in [6.45, 7) is 3.28. The van der Waals surface area contributed by atoms with Crippen molar-refractivity contribution in [1.82, 2.24) is 25.5 Å². The number of ether oxygens (including phenoxy) is 1. The summed E-state index contributed by atoms with van der Waals surface area (Å²) in [6, 6.07) is 0.426. The first-order valence-corrected chi connectivity index (χ1v) is 7.96. The van der Waals surface area contributed by atoms with E-state index in [0.29, 0.717) is 12.6 Å². The van der Waals surface area contributed by atoms with Crippen molar-refractivity contribution in [2.45, 2.75) is 55.2 Å². The highest BCUT2D eigenvalue weighted by molar-refractivity contribution is 8.00. The van der Waals surface area contributed by atoms with Crippen LogP contribution in [0.25, 0.3) is 0 Å². The second kappa shape index (κ2) is 6.09. The number of amides is 1. The number of hydrogen-bond donors (Lipinski definition) is 1. The molecule has 0 spiro atoms. The lowest BCUT2D eigenvalue weighted by molar-refractivity contribution is -0.120. The predicted molar refractivity (Wildman–Crippen MR) is 73.4 cm³/mol. The van der Waals surface area contributed by atoms with Crippen molar-refractivity contribution >= 4 is 17.7 Å². The molecule has 1 aromatic heterocycles. The van der Waals surface area contributed by atoms with Gasteiger partial charge >= 0.3 is 0 Å². The SMILES string of the molecule is CC(Sc1nnnn1C1CC1)C(=O)NCC1CCCO1. The van der Waals surface area contributed by atoms with Crippen LogP contribution in [0.4, 0.5) is 0 Å². The zero-order valence-electron chi connectivity index (χ0n) is 11.5. The fraction of sp³-hybridized carbons (Fsp3) is 0.833. The minimum absolute atomic E-state index is 0.0100. The molecule has 1 N–H and O–H groups in total. The van der Waals surface area contributed by atoms with Crippen molar-refractivity contribution in [1.29, 1.82) is 0 Å². The largest absolute Gasteiger partial charge is 0.376 e. The van der Waals surface area contributed by atoms with E-state index in [9.17, 15) is 4.79 Å². The van der Waals surface area contributed by atoms with Gasteiger partial charge in [0.2, 0.25) is 11.1 Å². The molecular weight excluding hydrogens is 278 g/mol. The summed E-state index contributed by atoms with van der Waals surface area (Å²) in [4.78, 5) is 12.1. The quantitative estimate of drug-likeness (QED) is 0.782. The lowest BCUT2D eigenvalue weighted by Crippen LogP contribution is -2.36. The van der Waals surface area contributed by atoms with Crippen LogP contribution >= 0.6 is 11.8 Å². The van der Waals surface area contributed by atoms with Crippen molar-refractivity contribution in [2.75, 3.05) is 13.2 Å². The zero-order valence-corrected chi connectivity index (χ0v) is 12.3. The standard InChI is InChI=1S/C12H19N5O2S/c1-8(11(18)13-7-10-3-2-6-19-10)20-12-14-15-16-17(12)9-4-5-9/h8-10H,2-7H2,1H3,(H,13,18). The Balaban J connectivity index is 1.48. The number of carbonyl (C=O) groups is 1. The summed E-state index contributed by atoms with van der Waals surface area (Å²) in [5, 5.41) is 15.1. The van der Waals surface area contributed by atoms with Gasteiger partial charge in [0.15, 0.2) is 0 Å². The van der Waals surface area contributed by atoms with Crippen LogP contribution in [0.15, 0.2) is 5.16 Å². The number of aromatic nitrogens is 4. The third-order valence-corrected chi connectivity index (χ3v) is 4.58. The Bertz CT molecular complexity index is 470. The Hall–Kier alpha value is -1.15. The van der Waals surface area contributed by atoms with Gasteiger partial charge in [-0.1, -0.05) is 11.8 Å². The van der Waals surface area contributed by atoms with Gasteiger partial charge in [0.25, 0.3) is 0 Å².